The van der Waals surface area contributed by atoms with E-state index in [2.05, 4.69) is 15.4 Å². The van der Waals surface area contributed by atoms with E-state index >= 15 is 0 Å². The molecule has 27 heavy (non-hydrogen) atoms. The van der Waals surface area contributed by atoms with Gasteiger partial charge in [-0.1, -0.05) is 17.4 Å². The van der Waals surface area contributed by atoms with Crippen molar-refractivity contribution in [2.24, 2.45) is 7.05 Å². The smallest absolute Gasteiger partial charge is 0.260 e. The van der Waals surface area contributed by atoms with Gasteiger partial charge in [-0.25, -0.2) is 4.98 Å². The van der Waals surface area contributed by atoms with Crippen molar-refractivity contribution in [3.8, 4) is 5.75 Å². The Balaban J connectivity index is 1.68. The second-order valence-corrected chi connectivity index (χ2v) is 7.26. The lowest BCUT2D eigenvalue weighted by molar-refractivity contribution is 0.102. The molecule has 1 aromatic carbocycles. The summed E-state index contributed by atoms with van der Waals surface area (Å²) in [5.41, 5.74) is 2.30. The molecule has 0 aliphatic carbocycles. The molecular formula is C18H20N4O4S. The normalized spacial score (nSPS) is 15.6. The maximum absolute atomic E-state index is 12.4. The zero-order valence-corrected chi connectivity index (χ0v) is 15.9. The third-order valence-electron chi connectivity index (χ3n) is 4.39. The van der Waals surface area contributed by atoms with Crippen LogP contribution in [-0.4, -0.2) is 54.2 Å². The Labute approximate surface area is 160 Å². The predicted molar refractivity (Wildman–Crippen MR) is 102 cm³/mol. The Hall–Kier alpha value is -2.49. The van der Waals surface area contributed by atoms with Gasteiger partial charge in [-0.3, -0.25) is 14.8 Å². The number of nitrogens with zero attached hydrogens (tertiary/aromatic N) is 3. The van der Waals surface area contributed by atoms with Crippen LogP contribution in [-0.2, 0) is 16.5 Å². The van der Waals surface area contributed by atoms with Gasteiger partial charge in [-0.15, -0.1) is 0 Å². The highest BCUT2D eigenvalue weighted by Gasteiger charge is 2.22. The van der Waals surface area contributed by atoms with Gasteiger partial charge >= 0.3 is 0 Å². The largest absolute Gasteiger partial charge is 0.494 e. The first kappa shape index (κ1) is 17.9. The van der Waals surface area contributed by atoms with Gasteiger partial charge < -0.3 is 14.2 Å². The lowest BCUT2D eigenvalue weighted by atomic mass is 10.0. The molecule has 3 heterocycles. The number of carbonyl (C=O) groups excluding carboxylic acids is 1. The highest BCUT2D eigenvalue weighted by molar-refractivity contribution is 7.22. The van der Waals surface area contributed by atoms with Crippen molar-refractivity contribution in [3.05, 3.63) is 35.7 Å². The standard InChI is InChI=1S/C18H20N4O4S/c1-22-8-11(7-19-22)17(23)21-18-20-15-14(24-2)4-3-13(16(15)27-18)12-9-25-5-6-26-10-12/h3-4,7-8,12H,5-6,9-10H2,1-2H3,(H,20,21,23). The van der Waals surface area contributed by atoms with Crippen LogP contribution in [0.1, 0.15) is 21.8 Å². The summed E-state index contributed by atoms with van der Waals surface area (Å²) in [7, 11) is 3.38. The summed E-state index contributed by atoms with van der Waals surface area (Å²) >= 11 is 1.42. The molecule has 0 radical (unpaired) electrons. The first-order valence-electron chi connectivity index (χ1n) is 8.58. The Kier molecular flexibility index (Phi) is 5.06. The van der Waals surface area contributed by atoms with Crippen LogP contribution in [0.4, 0.5) is 5.13 Å². The molecule has 0 bridgehead atoms. The molecular weight excluding hydrogens is 368 g/mol. The predicted octanol–water partition coefficient (Wildman–Crippen LogP) is 2.42. The monoisotopic (exact) mass is 388 g/mol. The maximum atomic E-state index is 12.4. The van der Waals surface area contributed by atoms with Gasteiger partial charge in [0.1, 0.15) is 11.3 Å². The van der Waals surface area contributed by atoms with Gasteiger partial charge in [-0.05, 0) is 11.6 Å². The van der Waals surface area contributed by atoms with Gasteiger partial charge in [0.15, 0.2) is 5.13 Å². The second kappa shape index (κ2) is 7.63. The van der Waals surface area contributed by atoms with E-state index in [1.54, 1.807) is 25.0 Å². The van der Waals surface area contributed by atoms with E-state index in [0.29, 0.717) is 42.9 Å². The lowest BCUT2D eigenvalue weighted by Crippen LogP contribution is -2.10. The minimum Gasteiger partial charge on any atom is -0.494 e. The van der Waals surface area contributed by atoms with E-state index in [4.69, 9.17) is 14.2 Å². The van der Waals surface area contributed by atoms with E-state index in [1.807, 2.05) is 12.1 Å². The number of hydrogen-bond acceptors (Lipinski definition) is 7. The summed E-state index contributed by atoms with van der Waals surface area (Å²) in [6.07, 6.45) is 3.18. The Morgan fingerprint density at radius 3 is 2.78 bits per heavy atom. The van der Waals surface area contributed by atoms with Crippen LogP contribution in [0.3, 0.4) is 0 Å². The molecule has 1 aliphatic rings. The van der Waals surface area contributed by atoms with Gasteiger partial charge in [-0.2, -0.15) is 5.10 Å². The highest BCUT2D eigenvalue weighted by atomic mass is 32.1. The zero-order chi connectivity index (χ0) is 18.8. The minimum absolute atomic E-state index is 0.114. The minimum atomic E-state index is -0.246. The highest BCUT2D eigenvalue weighted by Crippen LogP contribution is 2.38. The number of benzene rings is 1. The molecule has 142 valence electrons. The Morgan fingerprint density at radius 2 is 2.11 bits per heavy atom. The van der Waals surface area contributed by atoms with Crippen LogP contribution in [0.15, 0.2) is 24.5 Å². The van der Waals surface area contributed by atoms with E-state index < -0.39 is 0 Å². The molecule has 1 aliphatic heterocycles. The molecule has 1 saturated heterocycles. The molecule has 0 unspecified atom stereocenters. The molecule has 3 aromatic rings. The van der Waals surface area contributed by atoms with E-state index in [-0.39, 0.29) is 11.8 Å². The molecule has 4 rings (SSSR count). The van der Waals surface area contributed by atoms with Gasteiger partial charge in [0, 0.05) is 19.2 Å². The SMILES string of the molecule is COc1ccc(C2COCCOC2)c2sc(NC(=O)c3cnn(C)c3)nc12. The van der Waals surface area contributed by atoms with Gasteiger partial charge in [0.05, 0.1) is 50.0 Å². The number of ether oxygens (including phenoxy) is 3. The average molecular weight is 388 g/mol. The summed E-state index contributed by atoms with van der Waals surface area (Å²) in [6, 6.07) is 3.92. The summed E-state index contributed by atoms with van der Waals surface area (Å²) in [5, 5.41) is 7.39. The molecule has 1 N–H and O–H groups in total. The van der Waals surface area contributed by atoms with Crippen molar-refractivity contribution in [3.63, 3.8) is 0 Å². The van der Waals surface area contributed by atoms with Crippen molar-refractivity contribution in [1.82, 2.24) is 14.8 Å². The van der Waals surface area contributed by atoms with Gasteiger partial charge in [0.2, 0.25) is 0 Å². The number of fused-ring (bicyclic) bond motifs is 1. The molecule has 0 saturated carbocycles. The number of thiazole rings is 1. The third-order valence-corrected chi connectivity index (χ3v) is 5.41. The van der Waals surface area contributed by atoms with Crippen molar-refractivity contribution in [1.29, 1.82) is 0 Å². The van der Waals surface area contributed by atoms with Crippen molar-refractivity contribution in [2.45, 2.75) is 5.92 Å². The maximum Gasteiger partial charge on any atom is 0.260 e. The molecule has 0 spiro atoms. The first-order chi connectivity index (χ1) is 13.2. The number of aryl methyl sites for hydroxylation is 1. The number of nitrogens with one attached hydrogen (secondary N) is 1. The van der Waals surface area contributed by atoms with Crippen LogP contribution in [0.5, 0.6) is 5.75 Å². The fourth-order valence-corrected chi connectivity index (χ4v) is 4.12. The van der Waals surface area contributed by atoms with Crippen LogP contribution < -0.4 is 10.1 Å². The summed E-state index contributed by atoms with van der Waals surface area (Å²) in [6.45, 7) is 2.39. The van der Waals surface area contributed by atoms with Crippen LogP contribution >= 0.6 is 11.3 Å². The van der Waals surface area contributed by atoms with Crippen molar-refractivity contribution < 1.29 is 19.0 Å². The van der Waals surface area contributed by atoms with Gasteiger partial charge in [0.25, 0.3) is 5.91 Å². The Bertz CT molecular complexity index is 960. The zero-order valence-electron chi connectivity index (χ0n) is 15.1. The number of anilines is 1. The Morgan fingerprint density at radius 1 is 1.33 bits per heavy atom. The number of amides is 1. The molecule has 0 atom stereocenters. The number of methoxy groups -OCH3 is 1. The van der Waals surface area contributed by atoms with Crippen LogP contribution in [0, 0.1) is 0 Å². The van der Waals surface area contributed by atoms with E-state index in [0.717, 1.165) is 15.8 Å². The molecule has 2 aromatic heterocycles. The van der Waals surface area contributed by atoms with Crippen LogP contribution in [0.25, 0.3) is 10.2 Å². The third kappa shape index (κ3) is 3.66. The van der Waals surface area contributed by atoms with Crippen LogP contribution in [0.2, 0.25) is 0 Å². The first-order valence-corrected chi connectivity index (χ1v) is 9.40. The van der Waals surface area contributed by atoms with Crippen molar-refractivity contribution in [2.75, 3.05) is 38.9 Å². The molecule has 1 fully saturated rings. The number of aromatic nitrogens is 3. The number of hydrogen-bond donors (Lipinski definition) is 1. The molecule has 8 nitrogen and oxygen atoms in total. The summed E-state index contributed by atoms with van der Waals surface area (Å²) < 4.78 is 19.3. The fourth-order valence-electron chi connectivity index (χ4n) is 3.05. The van der Waals surface area contributed by atoms with Crippen molar-refractivity contribution >= 4 is 32.6 Å². The molecule has 9 heteroatoms. The number of carbonyl (C=O) groups is 1. The second-order valence-electron chi connectivity index (χ2n) is 6.26. The average Bonchev–Trinajstić information content (AvgIpc) is 3.18. The topological polar surface area (TPSA) is 87.5 Å². The summed E-state index contributed by atoms with van der Waals surface area (Å²) in [4.78, 5) is 17.0. The number of rotatable bonds is 4. The fraction of sp³-hybridized carbons (Fsp3) is 0.389. The summed E-state index contributed by atoms with van der Waals surface area (Å²) in [5.74, 6) is 0.536. The van der Waals surface area contributed by atoms with E-state index in [1.165, 1.54) is 17.5 Å². The van der Waals surface area contributed by atoms with E-state index in [9.17, 15) is 4.79 Å². The molecule has 1 amide bonds. The lowest BCUT2D eigenvalue weighted by Gasteiger charge is -2.15. The quantitative estimate of drug-likeness (QED) is 0.739.